The molecule has 2 rings (SSSR count). The van der Waals surface area contributed by atoms with Crippen molar-refractivity contribution in [1.82, 2.24) is 9.78 Å². The molecular weight excluding hydrogens is 210 g/mol. The van der Waals surface area contributed by atoms with Crippen molar-refractivity contribution in [2.75, 3.05) is 0 Å². The van der Waals surface area contributed by atoms with Crippen LogP contribution in [-0.2, 0) is 13.1 Å². The molecule has 0 unspecified atom stereocenters. The Hall–Kier alpha value is -1.32. The van der Waals surface area contributed by atoms with Crippen LogP contribution in [0.15, 0.2) is 36.7 Å². The highest BCUT2D eigenvalue weighted by Crippen LogP contribution is 2.11. The summed E-state index contributed by atoms with van der Waals surface area (Å²) in [5.41, 5.74) is 7.98. The largest absolute Gasteiger partial charge is 0.326 e. The molecule has 0 aliphatic rings. The van der Waals surface area contributed by atoms with Gasteiger partial charge in [0.15, 0.2) is 0 Å². The molecule has 3 nitrogen and oxygen atoms in total. The summed E-state index contributed by atoms with van der Waals surface area (Å²) in [6, 6.07) is 8.07. The Morgan fingerprint density at radius 1 is 1.27 bits per heavy atom. The van der Waals surface area contributed by atoms with E-state index < -0.39 is 0 Å². The first-order valence-corrected chi connectivity index (χ1v) is 5.12. The zero-order valence-electron chi connectivity index (χ0n) is 8.23. The summed E-state index contributed by atoms with van der Waals surface area (Å²) in [6.45, 7) is 1.26. The molecule has 15 heavy (non-hydrogen) atoms. The number of hydrogen-bond donors (Lipinski definition) is 1. The van der Waals surface area contributed by atoms with Gasteiger partial charge in [-0.1, -0.05) is 35.9 Å². The van der Waals surface area contributed by atoms with Crippen molar-refractivity contribution in [3.63, 3.8) is 0 Å². The van der Waals surface area contributed by atoms with Gasteiger partial charge in [0.25, 0.3) is 0 Å². The summed E-state index contributed by atoms with van der Waals surface area (Å²) in [5, 5.41) is 4.78. The lowest BCUT2D eigenvalue weighted by atomic mass is 10.1. The molecule has 2 N–H and O–H groups in total. The van der Waals surface area contributed by atoms with E-state index in [1.54, 1.807) is 17.1 Å². The zero-order chi connectivity index (χ0) is 10.7. The van der Waals surface area contributed by atoms with Crippen LogP contribution in [0.4, 0.5) is 0 Å². The minimum absolute atomic E-state index is 0.547. The van der Waals surface area contributed by atoms with E-state index in [1.807, 2.05) is 18.2 Å². The molecule has 0 aliphatic heterocycles. The van der Waals surface area contributed by atoms with E-state index >= 15 is 0 Å². The van der Waals surface area contributed by atoms with Gasteiger partial charge >= 0.3 is 0 Å². The Morgan fingerprint density at radius 3 is 2.60 bits per heavy atom. The minimum Gasteiger partial charge on any atom is -0.326 e. The summed E-state index contributed by atoms with van der Waals surface area (Å²) in [6.07, 6.45) is 3.43. The third-order valence-corrected chi connectivity index (χ3v) is 2.47. The van der Waals surface area contributed by atoms with Crippen molar-refractivity contribution in [3.8, 4) is 0 Å². The monoisotopic (exact) mass is 221 g/mol. The highest BCUT2D eigenvalue weighted by Gasteiger charge is 2.01. The molecule has 0 saturated carbocycles. The quantitative estimate of drug-likeness (QED) is 0.862. The molecule has 0 aliphatic carbocycles. The topological polar surface area (TPSA) is 43.8 Å². The number of aromatic nitrogens is 2. The zero-order valence-corrected chi connectivity index (χ0v) is 8.98. The van der Waals surface area contributed by atoms with Crippen LogP contribution in [0.25, 0.3) is 0 Å². The maximum atomic E-state index is 5.79. The number of nitrogens with two attached hydrogens (primary N) is 1. The fourth-order valence-electron chi connectivity index (χ4n) is 1.51. The summed E-state index contributed by atoms with van der Waals surface area (Å²) in [5.74, 6) is 0. The molecule has 0 amide bonds. The van der Waals surface area contributed by atoms with E-state index in [0.717, 1.165) is 5.56 Å². The summed E-state index contributed by atoms with van der Waals surface area (Å²) < 4.78 is 1.80. The van der Waals surface area contributed by atoms with Gasteiger partial charge in [0.1, 0.15) is 0 Å². The van der Waals surface area contributed by atoms with Gasteiger partial charge < -0.3 is 5.73 Å². The Kier molecular flexibility index (Phi) is 3.04. The van der Waals surface area contributed by atoms with Crippen molar-refractivity contribution in [1.29, 1.82) is 0 Å². The third-order valence-electron chi connectivity index (χ3n) is 2.27. The maximum Gasteiger partial charge on any atom is 0.0785 e. The van der Waals surface area contributed by atoms with E-state index in [2.05, 4.69) is 11.2 Å². The van der Waals surface area contributed by atoms with Crippen LogP contribution in [0.2, 0.25) is 5.02 Å². The summed E-state index contributed by atoms with van der Waals surface area (Å²) >= 11 is 5.79. The first-order valence-electron chi connectivity index (χ1n) is 4.74. The number of nitrogens with zero attached hydrogens (tertiary/aromatic N) is 2. The third kappa shape index (κ3) is 2.37. The summed E-state index contributed by atoms with van der Waals surface area (Å²) in [4.78, 5) is 0. The lowest BCUT2D eigenvalue weighted by molar-refractivity contribution is 0.681. The molecule has 2 aromatic rings. The van der Waals surface area contributed by atoms with Crippen molar-refractivity contribution >= 4 is 11.6 Å². The van der Waals surface area contributed by atoms with Gasteiger partial charge in [-0.3, -0.25) is 4.68 Å². The molecule has 1 aromatic carbocycles. The maximum absolute atomic E-state index is 5.79. The molecule has 0 spiro atoms. The Morgan fingerprint density at radius 2 is 2.00 bits per heavy atom. The molecular formula is C11H12ClN3. The second kappa shape index (κ2) is 4.47. The van der Waals surface area contributed by atoms with E-state index in [1.165, 1.54) is 5.56 Å². The van der Waals surface area contributed by atoms with Gasteiger partial charge in [-0.15, -0.1) is 0 Å². The number of hydrogen-bond acceptors (Lipinski definition) is 2. The fourth-order valence-corrected chi connectivity index (χ4v) is 1.67. The van der Waals surface area contributed by atoms with E-state index in [4.69, 9.17) is 17.3 Å². The predicted molar refractivity (Wildman–Crippen MR) is 60.7 cm³/mol. The SMILES string of the molecule is NCc1ccccc1Cn1cc(Cl)cn1. The number of halogens is 1. The van der Waals surface area contributed by atoms with Gasteiger partial charge in [0, 0.05) is 12.7 Å². The van der Waals surface area contributed by atoms with Crippen LogP contribution in [0.5, 0.6) is 0 Å². The van der Waals surface area contributed by atoms with Crippen molar-refractivity contribution in [3.05, 3.63) is 52.8 Å². The molecule has 1 heterocycles. The molecule has 0 radical (unpaired) electrons. The Balaban J connectivity index is 2.23. The molecule has 0 fully saturated rings. The standard InChI is InChI=1S/C11H12ClN3/c12-11-6-14-15(8-11)7-10-4-2-1-3-9(10)5-13/h1-4,6,8H,5,7,13H2. The van der Waals surface area contributed by atoms with E-state index in [-0.39, 0.29) is 0 Å². The lowest BCUT2D eigenvalue weighted by Gasteiger charge is -2.07. The first kappa shape index (κ1) is 10.2. The van der Waals surface area contributed by atoms with Gasteiger partial charge in [-0.2, -0.15) is 5.10 Å². The van der Waals surface area contributed by atoms with Crippen LogP contribution < -0.4 is 5.73 Å². The van der Waals surface area contributed by atoms with Crippen molar-refractivity contribution in [2.24, 2.45) is 5.73 Å². The lowest BCUT2D eigenvalue weighted by Crippen LogP contribution is -2.06. The second-order valence-corrected chi connectivity index (χ2v) is 3.77. The molecule has 1 aromatic heterocycles. The molecule has 0 atom stereocenters. The molecule has 0 bridgehead atoms. The number of benzene rings is 1. The smallest absolute Gasteiger partial charge is 0.0785 e. The van der Waals surface area contributed by atoms with Crippen LogP contribution in [0.1, 0.15) is 11.1 Å². The van der Waals surface area contributed by atoms with Gasteiger partial charge in [0.05, 0.1) is 17.8 Å². The van der Waals surface area contributed by atoms with Crippen LogP contribution >= 0.6 is 11.6 Å². The Labute approximate surface area is 93.5 Å². The van der Waals surface area contributed by atoms with Crippen molar-refractivity contribution < 1.29 is 0 Å². The average molecular weight is 222 g/mol. The Bertz CT molecular complexity index is 451. The van der Waals surface area contributed by atoms with Gasteiger partial charge in [-0.25, -0.2) is 0 Å². The molecule has 4 heteroatoms. The van der Waals surface area contributed by atoms with E-state index in [0.29, 0.717) is 18.1 Å². The van der Waals surface area contributed by atoms with Gasteiger partial charge in [0.2, 0.25) is 0 Å². The average Bonchev–Trinajstić information content (AvgIpc) is 2.65. The van der Waals surface area contributed by atoms with Crippen molar-refractivity contribution in [2.45, 2.75) is 13.1 Å². The number of rotatable bonds is 3. The first-order chi connectivity index (χ1) is 7.29. The second-order valence-electron chi connectivity index (χ2n) is 3.33. The van der Waals surface area contributed by atoms with Crippen LogP contribution in [0, 0.1) is 0 Å². The predicted octanol–water partition coefficient (Wildman–Crippen LogP) is 2.04. The minimum atomic E-state index is 0.547. The fraction of sp³-hybridized carbons (Fsp3) is 0.182. The highest BCUT2D eigenvalue weighted by atomic mass is 35.5. The highest BCUT2D eigenvalue weighted by molar-refractivity contribution is 6.30. The summed E-state index contributed by atoms with van der Waals surface area (Å²) in [7, 11) is 0. The van der Waals surface area contributed by atoms with Crippen LogP contribution in [-0.4, -0.2) is 9.78 Å². The normalized spacial score (nSPS) is 10.5. The molecule has 78 valence electrons. The van der Waals surface area contributed by atoms with Crippen LogP contribution in [0.3, 0.4) is 0 Å². The molecule has 0 saturated heterocycles. The van der Waals surface area contributed by atoms with Gasteiger partial charge in [-0.05, 0) is 11.1 Å². The van der Waals surface area contributed by atoms with E-state index in [9.17, 15) is 0 Å².